The van der Waals surface area contributed by atoms with Crippen molar-refractivity contribution in [3.05, 3.63) is 42.9 Å². The Balaban J connectivity index is 0.00000274. The summed E-state index contributed by atoms with van der Waals surface area (Å²) in [6.07, 6.45) is 12.5. The van der Waals surface area contributed by atoms with Crippen molar-refractivity contribution in [2.24, 2.45) is 11.8 Å². The van der Waals surface area contributed by atoms with Crippen LogP contribution in [0.15, 0.2) is 41.7 Å². The number of aromatic nitrogens is 2. The lowest BCUT2D eigenvalue weighted by Crippen LogP contribution is -3.00. The third-order valence-corrected chi connectivity index (χ3v) is 7.84. The number of ether oxygens (including phenoxy) is 1. The molecule has 4 aliphatic rings. The summed E-state index contributed by atoms with van der Waals surface area (Å²) in [4.78, 5) is 34.1. The molecule has 0 aromatic carbocycles. The van der Waals surface area contributed by atoms with Crippen molar-refractivity contribution < 1.29 is 45.3 Å². The monoisotopic (exact) mass is 534 g/mol. The van der Waals surface area contributed by atoms with Crippen LogP contribution in [0, 0.1) is 11.8 Å². The molecule has 2 N–H and O–H groups in total. The van der Waals surface area contributed by atoms with Gasteiger partial charge in [-0.15, -0.1) is 0 Å². The van der Waals surface area contributed by atoms with E-state index in [0.29, 0.717) is 28.8 Å². The number of nitrogens with zero attached hydrogens (tertiary/aromatic N) is 3. The van der Waals surface area contributed by atoms with Gasteiger partial charge in [0, 0.05) is 30.2 Å². The van der Waals surface area contributed by atoms with E-state index in [1.165, 1.54) is 18.9 Å². The smallest absolute Gasteiger partial charge is 0.343 e. The molecule has 0 spiro atoms. The quantitative estimate of drug-likeness (QED) is 0.354. The summed E-state index contributed by atoms with van der Waals surface area (Å²) in [5, 5.41) is 14.5. The summed E-state index contributed by atoms with van der Waals surface area (Å²) in [6.45, 7) is 2.66. The first kappa shape index (κ1) is 24.8. The number of anilines is 1. The lowest BCUT2D eigenvalue weighted by molar-refractivity contribution is -0.939. The van der Waals surface area contributed by atoms with Gasteiger partial charge in [-0.05, 0) is 18.9 Å². The fourth-order valence-corrected chi connectivity index (χ4v) is 6.02. The van der Waals surface area contributed by atoms with Crippen LogP contribution in [0.3, 0.4) is 0 Å². The van der Waals surface area contributed by atoms with Crippen LogP contribution in [0.25, 0.3) is 0 Å². The molecular formula is C24H31BrN4O5. The number of piperidine rings is 3. The molecule has 3 saturated heterocycles. The molecule has 1 unspecified atom stereocenters. The van der Waals surface area contributed by atoms with Crippen molar-refractivity contribution in [2.45, 2.75) is 50.2 Å². The Morgan fingerprint density at radius 2 is 1.88 bits per heavy atom. The second-order valence-corrected chi connectivity index (χ2v) is 9.85. The zero-order valence-corrected chi connectivity index (χ0v) is 20.7. The van der Waals surface area contributed by atoms with Crippen LogP contribution >= 0.6 is 0 Å². The van der Waals surface area contributed by atoms with E-state index in [4.69, 9.17) is 9.15 Å². The number of amides is 1. The Bertz CT molecular complexity index is 975. The number of rotatable bonds is 7. The first-order valence-electron chi connectivity index (χ1n) is 11.8. The first-order valence-corrected chi connectivity index (χ1v) is 11.8. The van der Waals surface area contributed by atoms with Crippen LogP contribution in [0.1, 0.15) is 44.1 Å². The molecule has 0 radical (unpaired) electrons. The van der Waals surface area contributed by atoms with Crippen LogP contribution < -0.4 is 22.3 Å². The maximum absolute atomic E-state index is 13.4. The second-order valence-electron chi connectivity index (χ2n) is 9.85. The number of furan rings is 1. The van der Waals surface area contributed by atoms with Crippen molar-refractivity contribution in [3.63, 3.8) is 0 Å². The molecule has 9 nitrogen and oxygen atoms in total. The molecule has 2 atom stereocenters. The average molecular weight is 535 g/mol. The fraction of sp³-hybridized carbons (Fsp3) is 0.583. The molecule has 2 aromatic rings. The van der Waals surface area contributed by atoms with Gasteiger partial charge >= 0.3 is 5.97 Å². The Morgan fingerprint density at radius 3 is 2.53 bits per heavy atom. The zero-order valence-electron chi connectivity index (χ0n) is 19.1. The topological polar surface area (TPSA) is 115 Å². The van der Waals surface area contributed by atoms with E-state index in [2.05, 4.69) is 15.3 Å². The molecule has 10 heteroatoms. The van der Waals surface area contributed by atoms with Gasteiger partial charge in [-0.2, -0.15) is 0 Å². The van der Waals surface area contributed by atoms with Gasteiger partial charge in [-0.25, -0.2) is 14.8 Å². The number of esters is 1. The molecule has 1 amide bonds. The van der Waals surface area contributed by atoms with Gasteiger partial charge < -0.3 is 41.0 Å². The maximum atomic E-state index is 13.4. The molecular weight excluding hydrogens is 504 g/mol. The lowest BCUT2D eigenvalue weighted by atomic mass is 9.80. The molecule has 1 saturated carbocycles. The molecule has 34 heavy (non-hydrogen) atoms. The van der Waals surface area contributed by atoms with Crippen LogP contribution in [0.4, 0.5) is 5.69 Å². The predicted molar refractivity (Wildman–Crippen MR) is 118 cm³/mol. The Morgan fingerprint density at radius 1 is 1.18 bits per heavy atom. The third kappa shape index (κ3) is 4.76. The van der Waals surface area contributed by atoms with Crippen LogP contribution in [-0.4, -0.2) is 63.7 Å². The molecule has 3 aliphatic heterocycles. The van der Waals surface area contributed by atoms with Crippen molar-refractivity contribution in [2.75, 3.05) is 31.5 Å². The highest BCUT2D eigenvalue weighted by Gasteiger charge is 2.53. The largest absolute Gasteiger partial charge is 1.00 e. The number of carbonyl (C=O) groups excluding carboxylic acids is 2. The summed E-state index contributed by atoms with van der Waals surface area (Å²) in [5.41, 5.74) is -0.656. The SMILES string of the molecule is O=C(C[N+]12CCC(CC1)[C@@H](OC(=O)C(O)(c1ccoc1)C1CCCC1)C2)Nc1cncnc1.[Br-]. The summed E-state index contributed by atoms with van der Waals surface area (Å²) in [6, 6.07) is 1.65. The van der Waals surface area contributed by atoms with Crippen LogP contribution in [-0.2, 0) is 19.9 Å². The van der Waals surface area contributed by atoms with Crippen molar-refractivity contribution in [3.8, 4) is 0 Å². The Hall–Kier alpha value is -2.30. The summed E-state index contributed by atoms with van der Waals surface area (Å²) in [5.74, 6) is -0.600. The number of aliphatic hydroxyl groups is 1. The van der Waals surface area contributed by atoms with E-state index in [-0.39, 0.29) is 40.8 Å². The number of carbonyl (C=O) groups is 2. The summed E-state index contributed by atoms with van der Waals surface area (Å²) >= 11 is 0. The van der Waals surface area contributed by atoms with Gasteiger partial charge in [0.25, 0.3) is 5.91 Å². The maximum Gasteiger partial charge on any atom is 0.343 e. The number of quaternary nitrogens is 1. The number of nitrogens with one attached hydrogen (secondary N) is 1. The lowest BCUT2D eigenvalue weighted by Gasteiger charge is -2.51. The van der Waals surface area contributed by atoms with E-state index < -0.39 is 11.6 Å². The predicted octanol–water partition coefficient (Wildman–Crippen LogP) is -0.758. The van der Waals surface area contributed by atoms with Gasteiger partial charge in [0.2, 0.25) is 0 Å². The van der Waals surface area contributed by atoms with Gasteiger partial charge in [0.1, 0.15) is 12.9 Å². The minimum absolute atomic E-state index is 0. The number of hydrogen-bond acceptors (Lipinski definition) is 7. The second kappa shape index (κ2) is 10.1. The van der Waals surface area contributed by atoms with Crippen molar-refractivity contribution in [1.29, 1.82) is 0 Å². The molecule has 5 heterocycles. The molecule has 184 valence electrons. The minimum Gasteiger partial charge on any atom is -1.00 e. The average Bonchev–Trinajstić information content (AvgIpc) is 3.54. The molecule has 6 rings (SSSR count). The standard InChI is InChI=1S/C24H30N4O5.BrH/c29-22(27-20-11-25-16-26-12-20)14-28-8-5-17(6-9-28)21(13-28)33-23(30)24(31,18-3-1-2-4-18)19-7-10-32-15-19;/h7,10-12,15-18,21,31H,1-6,8-9,13-14H2;1H/t17?,21-,24?,28?;/m0./s1. The van der Waals surface area contributed by atoms with Gasteiger partial charge in [0.05, 0.1) is 43.7 Å². The van der Waals surface area contributed by atoms with E-state index in [1.54, 1.807) is 18.5 Å². The van der Waals surface area contributed by atoms with Gasteiger partial charge in [-0.3, -0.25) is 4.79 Å². The highest BCUT2D eigenvalue weighted by molar-refractivity contribution is 5.91. The van der Waals surface area contributed by atoms with E-state index in [0.717, 1.165) is 51.6 Å². The molecule has 1 aliphatic carbocycles. The molecule has 2 aromatic heterocycles. The first-order chi connectivity index (χ1) is 16.0. The van der Waals surface area contributed by atoms with Gasteiger partial charge in [-0.1, -0.05) is 12.8 Å². The fourth-order valence-electron chi connectivity index (χ4n) is 6.02. The van der Waals surface area contributed by atoms with Crippen molar-refractivity contribution in [1.82, 2.24) is 9.97 Å². The van der Waals surface area contributed by atoms with E-state index >= 15 is 0 Å². The zero-order chi connectivity index (χ0) is 22.9. The van der Waals surface area contributed by atoms with E-state index in [9.17, 15) is 14.7 Å². The Labute approximate surface area is 209 Å². The molecule has 2 bridgehead atoms. The molecule has 4 fully saturated rings. The minimum atomic E-state index is -1.69. The third-order valence-electron chi connectivity index (χ3n) is 7.84. The Kier molecular flexibility index (Phi) is 7.39. The normalized spacial score (nSPS) is 28.0. The summed E-state index contributed by atoms with van der Waals surface area (Å²) < 4.78 is 11.8. The van der Waals surface area contributed by atoms with Crippen LogP contribution in [0.5, 0.6) is 0 Å². The van der Waals surface area contributed by atoms with Crippen LogP contribution in [0.2, 0.25) is 0 Å². The van der Waals surface area contributed by atoms with E-state index in [1.807, 2.05) is 0 Å². The van der Waals surface area contributed by atoms with Crippen molar-refractivity contribution >= 4 is 17.6 Å². The van der Waals surface area contributed by atoms with Gasteiger partial charge in [0.15, 0.2) is 18.2 Å². The highest BCUT2D eigenvalue weighted by atomic mass is 79.9. The number of halogens is 1. The number of hydrogen-bond donors (Lipinski definition) is 2. The number of fused-ring (bicyclic) bond motifs is 3. The summed E-state index contributed by atoms with van der Waals surface area (Å²) in [7, 11) is 0. The highest BCUT2D eigenvalue weighted by Crippen LogP contribution is 2.43.